The minimum atomic E-state index is -0.667. The molecule has 1 saturated heterocycles. The molecule has 7 aromatic rings. The first-order chi connectivity index (χ1) is 35.6. The number of aryl methyl sites for hydroxylation is 2. The number of benzene rings is 3. The zero-order chi connectivity index (χ0) is 52.0. The molecule has 0 saturated carbocycles. The Labute approximate surface area is 431 Å². The lowest BCUT2D eigenvalue weighted by Gasteiger charge is -2.39. The molecule has 0 spiro atoms. The van der Waals surface area contributed by atoms with Crippen LogP contribution in [0.1, 0.15) is 83.0 Å². The Morgan fingerprint density at radius 3 is 2.35 bits per heavy atom. The molecule has 0 unspecified atom stereocenters. The van der Waals surface area contributed by atoms with Gasteiger partial charge in [-0.3, -0.25) is 38.2 Å². The van der Waals surface area contributed by atoms with Gasteiger partial charge in [0.25, 0.3) is 0 Å². The average Bonchev–Trinajstić information content (AvgIpc) is 4.16. The van der Waals surface area contributed by atoms with Crippen LogP contribution in [0.5, 0.6) is 0 Å². The zero-order valence-electron chi connectivity index (χ0n) is 41.0. The van der Waals surface area contributed by atoms with E-state index in [9.17, 15) is 28.8 Å². The molecule has 1 fully saturated rings. The second-order valence-electron chi connectivity index (χ2n) is 18.6. The van der Waals surface area contributed by atoms with Crippen molar-refractivity contribution < 1.29 is 37.9 Å². The van der Waals surface area contributed by atoms with Crippen LogP contribution in [0.15, 0.2) is 65.8 Å². The summed E-state index contributed by atoms with van der Waals surface area (Å²) in [5, 5.41) is 31.9. The van der Waals surface area contributed by atoms with Gasteiger partial charge in [0.2, 0.25) is 23.6 Å². The van der Waals surface area contributed by atoms with E-state index in [1.54, 1.807) is 46.6 Å². The number of amides is 5. The molecule has 74 heavy (non-hydrogen) atoms. The first-order valence-corrected chi connectivity index (χ1v) is 25.4. The van der Waals surface area contributed by atoms with Crippen LogP contribution >= 0.6 is 22.9 Å². The van der Waals surface area contributed by atoms with E-state index in [0.29, 0.717) is 75.7 Å². The normalized spacial score (nSPS) is 17.5. The maximum absolute atomic E-state index is 16.2. The molecule has 4 N–H and O–H groups in total. The number of quaternary nitrogens is 1. The maximum Gasteiger partial charge on any atom is 0.340 e. The Morgan fingerprint density at radius 2 is 1.59 bits per heavy atom. The van der Waals surface area contributed by atoms with E-state index in [4.69, 9.17) is 21.7 Å². The molecule has 4 bridgehead atoms. The van der Waals surface area contributed by atoms with Crippen LogP contribution in [-0.4, -0.2) is 122 Å². The van der Waals surface area contributed by atoms with Crippen LogP contribution < -0.4 is 25.9 Å². The van der Waals surface area contributed by atoms with Crippen molar-refractivity contribution in [2.24, 2.45) is 4.99 Å². The highest BCUT2D eigenvalue weighted by Crippen LogP contribution is 2.43. The number of carbonyl (C=O) groups excluding carboxylic acids is 6. The van der Waals surface area contributed by atoms with Crippen LogP contribution in [0.4, 0.5) is 4.39 Å². The number of hydrogen-bond acceptors (Lipinski definition) is 13. The molecular formula is C51H52ClFN13O7S+. The molecule has 1 atom stereocenters. The van der Waals surface area contributed by atoms with E-state index in [2.05, 4.69) is 55.1 Å². The highest BCUT2D eigenvalue weighted by Gasteiger charge is 2.46. The fourth-order valence-electron chi connectivity index (χ4n) is 10.2. The molecule has 3 aromatic carbocycles. The SMILES string of the molecule is COC(=O)CNC(=O)CNC(=O)Cn1nc2c3c(cccc31)-c1cc3c(cnn3[N+]3(C(=O)CCC(=O)NCCNC(=O)C[C@@H]4N=C(c5ccc(Cl)cc5)c5c(sc(C)c5C)-n5c(C)nnc54)CCC2CC3)cc1F. The smallest absolute Gasteiger partial charge is 0.340 e. The molecule has 20 nitrogen and oxygen atoms in total. The third kappa shape index (κ3) is 9.32. The van der Waals surface area contributed by atoms with Crippen LogP contribution in [0.2, 0.25) is 5.02 Å². The Morgan fingerprint density at radius 1 is 0.851 bits per heavy atom. The Kier molecular flexibility index (Phi) is 13.7. The van der Waals surface area contributed by atoms with Gasteiger partial charge in [-0.15, -0.1) is 31.2 Å². The third-order valence-corrected chi connectivity index (χ3v) is 15.6. The van der Waals surface area contributed by atoms with Gasteiger partial charge in [-0.2, -0.15) is 5.10 Å². The summed E-state index contributed by atoms with van der Waals surface area (Å²) in [5.74, 6) is -2.11. The number of esters is 1. The van der Waals surface area contributed by atoms with Crippen LogP contribution in [0, 0.1) is 26.6 Å². The fraction of sp³-hybridized carbons (Fsp3) is 0.353. The number of rotatable bonds is 15. The third-order valence-electron chi connectivity index (χ3n) is 14.1. The average molecular weight is 1050 g/mol. The number of hydrogen-bond donors (Lipinski definition) is 4. The van der Waals surface area contributed by atoms with Crippen molar-refractivity contribution in [2.45, 2.75) is 71.4 Å². The van der Waals surface area contributed by atoms with Crippen LogP contribution in [0.3, 0.4) is 0 Å². The summed E-state index contributed by atoms with van der Waals surface area (Å²) < 4.78 is 24.1. The number of aromatic nitrogens is 7. The number of fused-ring (bicyclic) bond motifs is 5. The van der Waals surface area contributed by atoms with E-state index < -0.39 is 29.6 Å². The van der Waals surface area contributed by atoms with Crippen LogP contribution in [0.25, 0.3) is 37.9 Å². The van der Waals surface area contributed by atoms with E-state index in [0.717, 1.165) is 32.3 Å². The number of nitrogens with one attached hydrogen (secondary N) is 4. The predicted octanol–water partition coefficient (Wildman–Crippen LogP) is 4.67. The number of methoxy groups -OCH3 is 1. The highest BCUT2D eigenvalue weighted by molar-refractivity contribution is 7.15. The van der Waals surface area contributed by atoms with Gasteiger partial charge in [-0.25, -0.2) is 9.18 Å². The standard InChI is InChI=1S/C51H51ClFN13O7S/c1-27-28(2)74-51-46(27)48(30-8-10-33(52)11-9-30)59-37(50-61-60-29(3)64(50)51)22-41(68)55-17-16-54-40(67)12-13-44(71)66-18-14-31(15-19-66)49-47-34(35-21-39-32(20-36(35)53)23-58-65(39)66)6-5-7-38(47)63(62-49)26-43(70)56-24-42(69)57-25-45(72)73-4/h5-11,20-21,23,31,37H,12-19,22,24-26H2,1-4H3,(H3-,54,55,56,57,67,68,69,70)/p+1/t31?,37-,66?/m0/s1. The second kappa shape index (κ2) is 20.3. The largest absolute Gasteiger partial charge is 0.468 e. The summed E-state index contributed by atoms with van der Waals surface area (Å²) in [7, 11) is 1.20. The van der Waals surface area contributed by atoms with Gasteiger partial charge in [0.1, 0.15) is 54.4 Å². The number of aliphatic imine (C=N–C) groups is 1. The lowest BCUT2D eigenvalue weighted by molar-refractivity contribution is -0.142. The summed E-state index contributed by atoms with van der Waals surface area (Å²) in [6.07, 6.45) is 2.23. The zero-order valence-corrected chi connectivity index (χ0v) is 42.5. The van der Waals surface area contributed by atoms with Crippen molar-refractivity contribution in [2.75, 3.05) is 46.4 Å². The molecule has 4 aromatic heterocycles. The second-order valence-corrected chi connectivity index (χ2v) is 20.3. The quantitative estimate of drug-likeness (QED) is 0.0626. The number of ether oxygens (including phenoxy) is 1. The van der Waals surface area contributed by atoms with Gasteiger partial charge in [-0.05, 0) is 62.2 Å². The number of carbonyl (C=O) groups is 6. The molecule has 23 heteroatoms. The number of nitrogens with zero attached hydrogens (tertiary/aromatic N) is 9. The topological polar surface area (TPSA) is 238 Å². The van der Waals surface area contributed by atoms with Crippen molar-refractivity contribution in [3.05, 3.63) is 111 Å². The molecule has 5 amide bonds. The Balaban J connectivity index is 0.804. The van der Waals surface area contributed by atoms with E-state index >= 15 is 4.39 Å². The summed E-state index contributed by atoms with van der Waals surface area (Å²) >= 11 is 7.88. The van der Waals surface area contributed by atoms with Crippen molar-refractivity contribution in [3.8, 4) is 16.1 Å². The van der Waals surface area contributed by atoms with Gasteiger partial charge < -0.3 is 26.0 Å². The molecule has 0 radical (unpaired) electrons. The van der Waals surface area contributed by atoms with Crippen molar-refractivity contribution >= 4 is 86.0 Å². The molecule has 0 aliphatic carbocycles. The predicted molar refractivity (Wildman–Crippen MR) is 274 cm³/mol. The number of piperidine rings is 1. The fourth-order valence-corrected chi connectivity index (χ4v) is 11.6. The summed E-state index contributed by atoms with van der Waals surface area (Å²) in [6.45, 7) is 5.87. The first-order valence-electron chi connectivity index (χ1n) is 24.2. The summed E-state index contributed by atoms with van der Waals surface area (Å²) in [4.78, 5) is 86.5. The highest BCUT2D eigenvalue weighted by atomic mass is 35.5. The Hall–Kier alpha value is -7.69. The number of thiophene rings is 1. The lowest BCUT2D eigenvalue weighted by Crippen LogP contribution is -2.65. The number of halogens is 2. The van der Waals surface area contributed by atoms with Crippen LogP contribution in [-0.2, 0) is 40.0 Å². The van der Waals surface area contributed by atoms with Gasteiger partial charge in [0.15, 0.2) is 5.82 Å². The summed E-state index contributed by atoms with van der Waals surface area (Å²) in [5.41, 5.74) is 6.22. The molecule has 382 valence electrons. The van der Waals surface area contributed by atoms with Crippen molar-refractivity contribution in [1.82, 2.24) is 60.3 Å². The molecule has 11 rings (SSSR count). The molecule has 4 aliphatic heterocycles. The monoisotopic (exact) mass is 1040 g/mol. The molecule has 8 heterocycles. The Bertz CT molecular complexity index is 3460. The minimum Gasteiger partial charge on any atom is -0.468 e. The lowest BCUT2D eigenvalue weighted by atomic mass is 9.88. The van der Waals surface area contributed by atoms with Crippen molar-refractivity contribution in [3.63, 3.8) is 0 Å². The molecule has 4 aliphatic rings. The first kappa shape index (κ1) is 49.9. The van der Waals surface area contributed by atoms with Gasteiger partial charge in [0, 0.05) is 75.6 Å². The molecular weight excluding hydrogens is 993 g/mol. The van der Waals surface area contributed by atoms with E-state index in [1.165, 1.54) is 17.9 Å². The van der Waals surface area contributed by atoms with Gasteiger partial charge in [-0.1, -0.05) is 40.7 Å². The maximum atomic E-state index is 16.2. The minimum absolute atomic E-state index is 0.0269. The van der Waals surface area contributed by atoms with Crippen molar-refractivity contribution in [1.29, 1.82) is 0 Å². The van der Waals surface area contributed by atoms with E-state index in [-0.39, 0.29) is 85.8 Å². The van der Waals surface area contributed by atoms with Gasteiger partial charge >= 0.3 is 11.9 Å². The summed E-state index contributed by atoms with van der Waals surface area (Å²) in [6, 6.07) is 15.2. The van der Waals surface area contributed by atoms with Gasteiger partial charge in [0.05, 0.1) is 49.6 Å². The van der Waals surface area contributed by atoms with E-state index in [1.807, 2.05) is 35.8 Å².